The number of aliphatic hydroxyl groups excluding tert-OH is 1. The Morgan fingerprint density at radius 1 is 1.41 bits per heavy atom. The first-order valence-corrected chi connectivity index (χ1v) is 7.15. The van der Waals surface area contributed by atoms with E-state index < -0.39 is 6.10 Å². The molecule has 0 amide bonds. The Morgan fingerprint density at radius 2 is 2.00 bits per heavy atom. The maximum atomic E-state index is 10.9. The van der Waals surface area contributed by atoms with E-state index >= 15 is 0 Å². The van der Waals surface area contributed by atoms with Gasteiger partial charge in [0.25, 0.3) is 5.69 Å². The molecule has 0 fully saturated rings. The van der Waals surface area contributed by atoms with Gasteiger partial charge in [0, 0.05) is 16.2 Å². The van der Waals surface area contributed by atoms with Crippen LogP contribution in [0.1, 0.15) is 38.7 Å². The van der Waals surface area contributed by atoms with E-state index in [0.717, 1.165) is 0 Å². The summed E-state index contributed by atoms with van der Waals surface area (Å²) in [7, 11) is 0. The van der Waals surface area contributed by atoms with Crippen molar-refractivity contribution >= 4 is 28.8 Å². The SMILES string of the molecule is CC(C)C(C)Sc1sc([C@@H](C)O)cc1[N+](=O)[O-]. The number of thioether (sulfide) groups is 1. The van der Waals surface area contributed by atoms with Crippen LogP contribution in [-0.2, 0) is 0 Å². The lowest BCUT2D eigenvalue weighted by Crippen LogP contribution is -2.05. The number of thiophene rings is 1. The fourth-order valence-electron chi connectivity index (χ4n) is 1.10. The zero-order valence-electron chi connectivity index (χ0n) is 10.3. The predicted octanol–water partition coefficient (Wildman–Crippen LogP) is 3.85. The Kier molecular flexibility index (Phi) is 4.97. The summed E-state index contributed by atoms with van der Waals surface area (Å²) in [6, 6.07) is 1.48. The smallest absolute Gasteiger partial charge is 0.294 e. The van der Waals surface area contributed by atoms with Crippen LogP contribution < -0.4 is 0 Å². The molecule has 1 N–H and O–H groups in total. The van der Waals surface area contributed by atoms with Crippen molar-refractivity contribution in [3.05, 3.63) is 21.1 Å². The Morgan fingerprint density at radius 3 is 2.41 bits per heavy atom. The standard InChI is InChI=1S/C11H17NO3S2/c1-6(2)8(4)16-11-9(12(14)15)5-10(17-11)7(3)13/h5-8,13H,1-4H3/t7-,8?/m1/s1. The normalized spacial score (nSPS) is 14.9. The molecule has 4 nitrogen and oxygen atoms in total. The zero-order chi connectivity index (χ0) is 13.2. The molecule has 96 valence electrons. The fraction of sp³-hybridized carbons (Fsp3) is 0.636. The molecule has 1 unspecified atom stereocenters. The summed E-state index contributed by atoms with van der Waals surface area (Å²) in [5.41, 5.74) is 0.114. The molecule has 0 saturated heterocycles. The Bertz CT molecular complexity index is 401. The molecule has 0 aliphatic rings. The van der Waals surface area contributed by atoms with E-state index in [4.69, 9.17) is 0 Å². The van der Waals surface area contributed by atoms with Gasteiger partial charge in [-0.3, -0.25) is 10.1 Å². The van der Waals surface area contributed by atoms with Gasteiger partial charge in [-0.15, -0.1) is 23.1 Å². The third kappa shape index (κ3) is 3.69. The van der Waals surface area contributed by atoms with Gasteiger partial charge in [0.15, 0.2) is 0 Å². The average Bonchev–Trinajstić information content (AvgIpc) is 2.61. The predicted molar refractivity (Wildman–Crippen MR) is 71.8 cm³/mol. The summed E-state index contributed by atoms with van der Waals surface area (Å²) < 4.78 is 0.687. The molecule has 6 heteroatoms. The van der Waals surface area contributed by atoms with Gasteiger partial charge in [-0.1, -0.05) is 20.8 Å². The lowest BCUT2D eigenvalue weighted by Gasteiger charge is -2.12. The van der Waals surface area contributed by atoms with E-state index in [2.05, 4.69) is 20.8 Å². The summed E-state index contributed by atoms with van der Waals surface area (Å²) in [6.07, 6.45) is -0.651. The van der Waals surface area contributed by atoms with E-state index in [9.17, 15) is 15.2 Å². The van der Waals surface area contributed by atoms with Crippen LogP contribution in [0.15, 0.2) is 10.3 Å². The second-order valence-electron chi connectivity index (χ2n) is 4.32. The first kappa shape index (κ1) is 14.5. The van der Waals surface area contributed by atoms with Gasteiger partial charge in [0.05, 0.1) is 11.0 Å². The summed E-state index contributed by atoms with van der Waals surface area (Å²) in [5.74, 6) is 0.455. The van der Waals surface area contributed by atoms with Crippen molar-refractivity contribution in [3.8, 4) is 0 Å². The van der Waals surface area contributed by atoms with Gasteiger partial charge in [-0.05, 0) is 12.8 Å². The van der Waals surface area contributed by atoms with Crippen molar-refractivity contribution in [1.82, 2.24) is 0 Å². The molecule has 1 heterocycles. The molecular weight excluding hydrogens is 258 g/mol. The van der Waals surface area contributed by atoms with Gasteiger partial charge in [0.2, 0.25) is 0 Å². The molecule has 0 spiro atoms. The minimum Gasteiger partial charge on any atom is -0.388 e. The van der Waals surface area contributed by atoms with Crippen molar-refractivity contribution in [2.24, 2.45) is 5.92 Å². The maximum absolute atomic E-state index is 10.9. The topological polar surface area (TPSA) is 63.4 Å². The lowest BCUT2D eigenvalue weighted by atomic mass is 10.2. The highest BCUT2D eigenvalue weighted by atomic mass is 32.2. The second-order valence-corrected chi connectivity index (χ2v) is 7.05. The number of hydrogen-bond donors (Lipinski definition) is 1. The Labute approximate surface area is 109 Å². The Hall–Kier alpha value is -0.590. The van der Waals surface area contributed by atoms with Gasteiger partial charge >= 0.3 is 0 Å². The first-order chi connectivity index (χ1) is 7.82. The zero-order valence-corrected chi connectivity index (χ0v) is 12.0. The van der Waals surface area contributed by atoms with Crippen LogP contribution in [0.4, 0.5) is 5.69 Å². The number of rotatable bonds is 5. The minimum absolute atomic E-state index is 0.114. The molecule has 17 heavy (non-hydrogen) atoms. The largest absolute Gasteiger partial charge is 0.388 e. The Balaban J connectivity index is 3.00. The van der Waals surface area contributed by atoms with E-state index in [1.54, 1.807) is 6.92 Å². The molecule has 0 aromatic carbocycles. The third-order valence-electron chi connectivity index (χ3n) is 2.54. The summed E-state index contributed by atoms with van der Waals surface area (Å²) >= 11 is 2.82. The average molecular weight is 275 g/mol. The minimum atomic E-state index is -0.651. The van der Waals surface area contributed by atoms with Crippen LogP contribution in [0.2, 0.25) is 0 Å². The molecule has 0 saturated carbocycles. The van der Waals surface area contributed by atoms with Crippen LogP contribution in [-0.4, -0.2) is 15.3 Å². The van der Waals surface area contributed by atoms with Crippen LogP contribution >= 0.6 is 23.1 Å². The first-order valence-electron chi connectivity index (χ1n) is 5.45. The summed E-state index contributed by atoms with van der Waals surface area (Å²) in [6.45, 7) is 7.86. The van der Waals surface area contributed by atoms with E-state index in [-0.39, 0.29) is 10.6 Å². The molecule has 1 aromatic heterocycles. The van der Waals surface area contributed by atoms with Gasteiger partial charge in [0.1, 0.15) is 4.21 Å². The van der Waals surface area contributed by atoms with Crippen molar-refractivity contribution in [2.75, 3.05) is 0 Å². The van der Waals surface area contributed by atoms with E-state index in [1.807, 2.05) is 0 Å². The number of aliphatic hydroxyl groups is 1. The molecule has 2 atom stereocenters. The highest BCUT2D eigenvalue weighted by Gasteiger charge is 2.23. The van der Waals surface area contributed by atoms with Gasteiger partial charge < -0.3 is 5.11 Å². The van der Waals surface area contributed by atoms with Crippen molar-refractivity contribution in [3.63, 3.8) is 0 Å². The molecule has 1 aromatic rings. The number of hydrogen-bond acceptors (Lipinski definition) is 5. The third-order valence-corrected chi connectivity index (χ3v) is 5.51. The fourth-order valence-corrected chi connectivity index (χ4v) is 3.70. The summed E-state index contributed by atoms with van der Waals surface area (Å²) in [5, 5.41) is 20.7. The van der Waals surface area contributed by atoms with Crippen LogP contribution in [0.3, 0.4) is 0 Å². The molecular formula is C11H17NO3S2. The number of nitrogens with zero attached hydrogens (tertiary/aromatic N) is 1. The quantitative estimate of drug-likeness (QED) is 0.503. The molecule has 0 aliphatic carbocycles. The number of nitro groups is 1. The molecule has 1 rings (SSSR count). The van der Waals surface area contributed by atoms with Crippen LogP contribution in [0.25, 0.3) is 0 Å². The maximum Gasteiger partial charge on any atom is 0.294 e. The monoisotopic (exact) mass is 275 g/mol. The second kappa shape index (κ2) is 5.84. The lowest BCUT2D eigenvalue weighted by molar-refractivity contribution is -0.387. The van der Waals surface area contributed by atoms with Crippen molar-refractivity contribution in [1.29, 1.82) is 0 Å². The molecule has 0 aliphatic heterocycles. The van der Waals surface area contributed by atoms with Crippen LogP contribution in [0, 0.1) is 16.0 Å². The van der Waals surface area contributed by atoms with E-state index in [1.165, 1.54) is 29.2 Å². The van der Waals surface area contributed by atoms with Crippen molar-refractivity contribution < 1.29 is 10.0 Å². The van der Waals surface area contributed by atoms with Crippen molar-refractivity contribution in [2.45, 2.75) is 43.3 Å². The van der Waals surface area contributed by atoms with E-state index in [0.29, 0.717) is 20.3 Å². The summed E-state index contributed by atoms with van der Waals surface area (Å²) in [4.78, 5) is 11.2. The van der Waals surface area contributed by atoms with Crippen LogP contribution in [0.5, 0.6) is 0 Å². The molecule has 0 radical (unpaired) electrons. The molecule has 0 bridgehead atoms. The highest BCUT2D eigenvalue weighted by Crippen LogP contribution is 2.42. The van der Waals surface area contributed by atoms with Gasteiger partial charge in [-0.2, -0.15) is 0 Å². The van der Waals surface area contributed by atoms with Gasteiger partial charge in [-0.25, -0.2) is 0 Å². The highest BCUT2D eigenvalue weighted by molar-refractivity contribution is 8.01.